The Kier molecular flexibility index (Phi) is 20.1. The van der Waals surface area contributed by atoms with Gasteiger partial charge in [0.25, 0.3) is 5.91 Å². The molecule has 5 aromatic rings. The Hall–Kier alpha value is -6.52. The van der Waals surface area contributed by atoms with Crippen LogP contribution < -0.4 is 21.3 Å². The summed E-state index contributed by atoms with van der Waals surface area (Å²) in [5, 5.41) is 36.5. The molecule has 5 atom stereocenters. The maximum atomic E-state index is 15.1. The minimum Gasteiger partial charge on any atom is -0.391 e. The van der Waals surface area contributed by atoms with E-state index in [-0.39, 0.29) is 103 Å². The lowest BCUT2D eigenvalue weighted by molar-refractivity contribution is -0.144. The molecular weight excluding hydrogens is 990 g/mol. The molecule has 75 heavy (non-hydrogen) atoms. The number of alkyl halides is 1. The van der Waals surface area contributed by atoms with Crippen molar-refractivity contribution in [2.75, 3.05) is 77.9 Å². The van der Waals surface area contributed by atoms with E-state index in [0.29, 0.717) is 28.1 Å². The highest BCUT2D eigenvalue weighted by molar-refractivity contribution is 7.13. The van der Waals surface area contributed by atoms with E-state index in [9.17, 15) is 29.5 Å². The Labute approximate surface area is 438 Å². The van der Waals surface area contributed by atoms with Gasteiger partial charge in [0, 0.05) is 49.4 Å². The molecule has 4 amide bonds. The summed E-state index contributed by atoms with van der Waals surface area (Å²) < 4.78 is 44.3. The van der Waals surface area contributed by atoms with Crippen LogP contribution in [0.1, 0.15) is 74.1 Å². The maximum absolute atomic E-state index is 15.1. The van der Waals surface area contributed by atoms with Crippen LogP contribution in [0.5, 0.6) is 0 Å². The number of halogens is 1. The molecule has 1 saturated carbocycles. The quantitative estimate of drug-likeness (QED) is 0.0443. The predicted molar refractivity (Wildman–Crippen MR) is 276 cm³/mol. The van der Waals surface area contributed by atoms with Gasteiger partial charge in [-0.1, -0.05) is 45.0 Å². The first-order valence-electron chi connectivity index (χ1n) is 25.0. The molecule has 0 radical (unpaired) electrons. The molecule has 2 aliphatic rings. The summed E-state index contributed by atoms with van der Waals surface area (Å²) in [7, 11) is 0. The smallest absolute Gasteiger partial charge is 0.255 e. The fourth-order valence-electron chi connectivity index (χ4n) is 8.11. The minimum atomic E-state index is -1.49. The number of likely N-dealkylation sites (tertiary alicyclic amines) is 1. The van der Waals surface area contributed by atoms with Crippen LogP contribution in [0.15, 0.2) is 60.5 Å². The van der Waals surface area contributed by atoms with Gasteiger partial charge in [0.1, 0.15) is 30.9 Å². The number of thiazole rings is 1. The second-order valence-corrected chi connectivity index (χ2v) is 20.3. The molecular formula is C52H66FN11O10S. The number of aromatic nitrogens is 5. The highest BCUT2D eigenvalue weighted by atomic mass is 32.1. The molecule has 0 spiro atoms. The maximum Gasteiger partial charge on any atom is 0.255 e. The van der Waals surface area contributed by atoms with E-state index < -0.39 is 53.6 Å². The van der Waals surface area contributed by atoms with Gasteiger partial charge in [-0.3, -0.25) is 19.2 Å². The minimum absolute atomic E-state index is 0.0357. The SMILES string of the molecule is Cc1ncsc1-c1ccc(CNC(=O)C2C[C@@H](O)CN2C(=O)[C@@H](NC(=O)COCCOCCOCCOCCOC(C)C(F)CNC(=O)c2cnc(-n3ncc4cc(C#N)cnc43)cc2NC2CC2)C(C)(C)C)cc1. The molecule has 2 fully saturated rings. The van der Waals surface area contributed by atoms with Gasteiger partial charge in [-0.15, -0.1) is 11.3 Å². The van der Waals surface area contributed by atoms with E-state index in [2.05, 4.69) is 47.4 Å². The number of nitriles is 1. The third kappa shape index (κ3) is 16.0. The number of aliphatic hydroxyl groups excluding tert-OH is 1. The van der Waals surface area contributed by atoms with E-state index in [0.717, 1.165) is 34.5 Å². The van der Waals surface area contributed by atoms with Crippen molar-refractivity contribution >= 4 is 51.7 Å². The summed E-state index contributed by atoms with van der Waals surface area (Å²) in [6, 6.07) is 11.6. The molecule has 7 rings (SSSR count). The summed E-state index contributed by atoms with van der Waals surface area (Å²) in [5.74, 6) is -1.43. The third-order valence-corrected chi connectivity index (χ3v) is 13.4. The normalized spacial score (nSPS) is 16.8. The Morgan fingerprint density at radius 1 is 0.920 bits per heavy atom. The number of fused-ring (bicyclic) bond motifs is 1. The van der Waals surface area contributed by atoms with Gasteiger partial charge in [-0.25, -0.2) is 19.3 Å². The van der Waals surface area contributed by atoms with Gasteiger partial charge in [0.05, 0.1) is 111 Å². The van der Waals surface area contributed by atoms with Gasteiger partial charge in [-0.05, 0) is 49.3 Å². The summed E-state index contributed by atoms with van der Waals surface area (Å²) in [6.07, 6.45) is 3.27. The second kappa shape index (κ2) is 26.8. The number of aryl methyl sites for hydroxylation is 1. The highest BCUT2D eigenvalue weighted by Gasteiger charge is 2.44. The summed E-state index contributed by atoms with van der Waals surface area (Å²) in [6.45, 7) is 10.4. The van der Waals surface area contributed by atoms with Crippen LogP contribution in [0.3, 0.4) is 0 Å². The molecule has 3 unspecified atom stereocenters. The fourth-order valence-corrected chi connectivity index (χ4v) is 8.93. The number of amides is 4. The number of nitrogens with zero attached hydrogens (tertiary/aromatic N) is 7. The fraction of sp³-hybridized carbons (Fsp3) is 0.519. The van der Waals surface area contributed by atoms with Crippen molar-refractivity contribution in [3.8, 4) is 22.3 Å². The van der Waals surface area contributed by atoms with E-state index in [1.807, 2.05) is 52.0 Å². The van der Waals surface area contributed by atoms with Gasteiger partial charge < -0.3 is 55.0 Å². The van der Waals surface area contributed by atoms with Crippen molar-refractivity contribution in [1.82, 2.24) is 45.6 Å². The molecule has 1 aliphatic heterocycles. The van der Waals surface area contributed by atoms with E-state index in [4.69, 9.17) is 23.7 Å². The van der Waals surface area contributed by atoms with Gasteiger partial charge in [-0.2, -0.15) is 15.0 Å². The lowest BCUT2D eigenvalue weighted by Crippen LogP contribution is -2.58. The van der Waals surface area contributed by atoms with Crippen LogP contribution in [0, 0.1) is 23.7 Å². The molecule has 23 heteroatoms. The van der Waals surface area contributed by atoms with Gasteiger partial charge in [0.15, 0.2) is 11.5 Å². The van der Waals surface area contributed by atoms with Crippen LogP contribution >= 0.6 is 11.3 Å². The number of carbonyl (C=O) groups excluding carboxylic acids is 4. The highest BCUT2D eigenvalue weighted by Crippen LogP contribution is 2.30. The second-order valence-electron chi connectivity index (χ2n) is 19.4. The van der Waals surface area contributed by atoms with Crippen molar-refractivity contribution in [1.29, 1.82) is 5.26 Å². The number of hydrogen-bond donors (Lipinski definition) is 5. The molecule has 1 saturated heterocycles. The first kappa shape index (κ1) is 56.2. The van der Waals surface area contributed by atoms with Crippen LogP contribution in [0.25, 0.3) is 27.3 Å². The lowest BCUT2D eigenvalue weighted by Gasteiger charge is -2.35. The standard InChI is InChI=1S/C52H66FN11O10S/c1-32-46(75-31-59-32)36-8-6-34(7-9-36)24-57-50(68)43-21-39(65)29-63(43)51(69)47(52(3,4)5)62-45(66)30-73-17-16-71-13-12-70-14-15-72-18-19-74-33(2)41(53)28-58-49(67)40-27-55-44(22-42(40)61-38-10-11-38)64-48-37(26-60-64)20-35(23-54)25-56-48/h6-9,20,22,25-27,31,33,38-39,41,43,47,65H,10-19,21,24,28-30H2,1-5H3,(H,55,61)(H,57,68)(H,58,67)(H,62,66)/t33?,39-,41?,43?,47-/m1/s1. The number of β-amino-alcohol motifs (C(OH)–C–C–N with tert-alkyl or cyclic N) is 1. The molecule has 402 valence electrons. The van der Waals surface area contributed by atoms with Crippen molar-refractivity contribution in [2.24, 2.45) is 5.41 Å². The van der Waals surface area contributed by atoms with Crippen molar-refractivity contribution in [2.45, 2.75) is 96.9 Å². The Morgan fingerprint density at radius 3 is 2.27 bits per heavy atom. The average molecular weight is 1060 g/mol. The zero-order valence-corrected chi connectivity index (χ0v) is 43.7. The molecule has 1 aliphatic carbocycles. The summed E-state index contributed by atoms with van der Waals surface area (Å²) in [4.78, 5) is 69.1. The average Bonchev–Trinajstić information content (AvgIpc) is 3.72. The largest absolute Gasteiger partial charge is 0.391 e. The number of nitrogens with one attached hydrogen (secondary N) is 4. The first-order chi connectivity index (χ1) is 36.1. The monoisotopic (exact) mass is 1060 g/mol. The molecule has 5 heterocycles. The number of hydrogen-bond acceptors (Lipinski definition) is 17. The van der Waals surface area contributed by atoms with Crippen LogP contribution in [0.2, 0.25) is 0 Å². The number of rotatable bonds is 28. The molecule has 5 N–H and O–H groups in total. The lowest BCUT2D eigenvalue weighted by atomic mass is 9.85. The van der Waals surface area contributed by atoms with Crippen molar-refractivity contribution in [3.05, 3.63) is 82.9 Å². The number of benzene rings is 1. The number of ether oxygens (including phenoxy) is 5. The van der Waals surface area contributed by atoms with Crippen LogP contribution in [0.4, 0.5) is 10.1 Å². The van der Waals surface area contributed by atoms with Crippen molar-refractivity contribution < 1.29 is 52.4 Å². The first-order valence-corrected chi connectivity index (χ1v) is 25.9. The summed E-state index contributed by atoms with van der Waals surface area (Å²) in [5.41, 5.74) is 5.67. The Bertz CT molecular complexity index is 2760. The topological polar surface area (TPSA) is 266 Å². The number of aliphatic hydroxyl groups is 1. The molecule has 1 aromatic carbocycles. The molecule has 4 aromatic heterocycles. The Balaban J connectivity index is 0.714. The van der Waals surface area contributed by atoms with Crippen molar-refractivity contribution in [3.63, 3.8) is 0 Å². The van der Waals surface area contributed by atoms with E-state index >= 15 is 4.39 Å². The predicted octanol–water partition coefficient (Wildman–Crippen LogP) is 4.04. The third-order valence-electron chi connectivity index (χ3n) is 12.5. The van der Waals surface area contributed by atoms with Gasteiger partial charge >= 0.3 is 0 Å². The summed E-state index contributed by atoms with van der Waals surface area (Å²) >= 11 is 1.56. The van der Waals surface area contributed by atoms with Crippen LogP contribution in [-0.4, -0.2) is 167 Å². The zero-order chi connectivity index (χ0) is 53.5. The van der Waals surface area contributed by atoms with Crippen LogP contribution in [-0.2, 0) is 44.6 Å². The van der Waals surface area contributed by atoms with E-state index in [1.165, 1.54) is 22.0 Å². The molecule has 21 nitrogen and oxygen atoms in total. The number of pyridine rings is 2. The number of carbonyl (C=O) groups is 4. The van der Waals surface area contributed by atoms with E-state index in [1.54, 1.807) is 42.1 Å². The molecule has 0 bridgehead atoms. The zero-order valence-electron chi connectivity index (χ0n) is 42.9. The number of anilines is 1. The van der Waals surface area contributed by atoms with Gasteiger partial charge in [0.2, 0.25) is 17.7 Å². The Morgan fingerprint density at radius 2 is 1.61 bits per heavy atom.